The zero-order chi connectivity index (χ0) is 22.9. The molecule has 1 aliphatic heterocycles. The predicted octanol–water partition coefficient (Wildman–Crippen LogP) is 4.55. The third-order valence-electron chi connectivity index (χ3n) is 6.31. The molecule has 4 bridgehead atoms. The second-order valence-corrected chi connectivity index (χ2v) is 8.45. The van der Waals surface area contributed by atoms with Gasteiger partial charge in [-0.25, -0.2) is 14.6 Å². The lowest BCUT2D eigenvalue weighted by Gasteiger charge is -2.16. The van der Waals surface area contributed by atoms with E-state index in [9.17, 15) is 0 Å². The molecule has 6 rings (SSSR count). The summed E-state index contributed by atoms with van der Waals surface area (Å²) in [4.78, 5) is 14.1. The minimum Gasteiger partial charge on any atom is -0.487 e. The summed E-state index contributed by atoms with van der Waals surface area (Å²) >= 11 is 0. The number of fused-ring (bicyclic) bond motifs is 6. The third-order valence-corrected chi connectivity index (χ3v) is 6.31. The molecule has 2 aliphatic rings. The van der Waals surface area contributed by atoms with Gasteiger partial charge in [-0.05, 0) is 43.5 Å². The fourth-order valence-electron chi connectivity index (χ4n) is 4.67. The normalized spacial score (nSPS) is 17.7. The average Bonchev–Trinajstić information content (AvgIpc) is 3.48. The van der Waals surface area contributed by atoms with E-state index in [1.54, 1.807) is 11.0 Å². The Hall–Kier alpha value is -4.20. The summed E-state index contributed by atoms with van der Waals surface area (Å²) < 4.78 is 7.87. The Kier molecular flexibility index (Phi) is 5.18. The molecule has 0 saturated carbocycles. The molecule has 34 heavy (non-hydrogen) atoms. The van der Waals surface area contributed by atoms with Crippen LogP contribution in [-0.2, 0) is 6.42 Å². The molecule has 1 unspecified atom stereocenters. The van der Waals surface area contributed by atoms with Crippen LogP contribution in [0.1, 0.15) is 35.0 Å². The van der Waals surface area contributed by atoms with E-state index < -0.39 is 0 Å². The van der Waals surface area contributed by atoms with E-state index in [-0.39, 0.29) is 5.92 Å². The molecule has 0 radical (unpaired) electrons. The van der Waals surface area contributed by atoms with Crippen molar-refractivity contribution in [3.05, 3.63) is 89.7 Å². The standard InChI is InChI=1S/C26H25N7O/c1-17-28-16-29-33(17)22-12-9-19-15-23(22)34-14-6-5-13-27-25-21-11-10-20(18-7-3-2-4-8-18)24(21)31-26(30-19)32-25/h2-9,12,15-16,20H,10-11,13-14H2,1H3,(H2,27,30,31,32)/b6-5+. The lowest BCUT2D eigenvalue weighted by molar-refractivity contribution is 0.360. The van der Waals surface area contributed by atoms with Crippen molar-refractivity contribution in [3.63, 3.8) is 0 Å². The molecule has 2 aromatic carbocycles. The molecular formula is C26H25N7O. The van der Waals surface area contributed by atoms with Gasteiger partial charge >= 0.3 is 0 Å². The molecule has 0 spiro atoms. The third kappa shape index (κ3) is 3.77. The van der Waals surface area contributed by atoms with E-state index >= 15 is 0 Å². The van der Waals surface area contributed by atoms with Gasteiger partial charge in [-0.3, -0.25) is 0 Å². The number of rotatable bonds is 2. The quantitative estimate of drug-likeness (QED) is 0.432. The Morgan fingerprint density at radius 1 is 1.06 bits per heavy atom. The SMILES string of the molecule is Cc1ncnn1-c1ccc2cc1OC/C=C/CNc1nc(nc3c1CCC3c1ccccc1)N2. The van der Waals surface area contributed by atoms with E-state index in [2.05, 4.69) is 57.1 Å². The number of nitrogens with zero attached hydrogens (tertiary/aromatic N) is 5. The van der Waals surface area contributed by atoms with Crippen molar-refractivity contribution in [3.8, 4) is 11.4 Å². The average molecular weight is 452 g/mol. The van der Waals surface area contributed by atoms with Gasteiger partial charge in [-0.2, -0.15) is 10.1 Å². The minimum absolute atomic E-state index is 0.267. The maximum absolute atomic E-state index is 6.10. The first kappa shape index (κ1) is 20.4. The second kappa shape index (κ2) is 8.62. The smallest absolute Gasteiger partial charge is 0.229 e. The van der Waals surface area contributed by atoms with Gasteiger partial charge in [0.05, 0.1) is 5.69 Å². The van der Waals surface area contributed by atoms with Crippen molar-refractivity contribution in [2.24, 2.45) is 0 Å². The highest BCUT2D eigenvalue weighted by molar-refractivity contribution is 5.64. The van der Waals surface area contributed by atoms with E-state index in [0.29, 0.717) is 24.8 Å². The van der Waals surface area contributed by atoms with Crippen molar-refractivity contribution in [1.82, 2.24) is 24.7 Å². The Morgan fingerprint density at radius 2 is 1.97 bits per heavy atom. The van der Waals surface area contributed by atoms with Crippen molar-refractivity contribution in [2.75, 3.05) is 23.8 Å². The fraction of sp³-hybridized carbons (Fsp3) is 0.231. The molecule has 0 amide bonds. The Bertz CT molecular complexity index is 1360. The number of aromatic nitrogens is 5. The van der Waals surface area contributed by atoms with E-state index in [0.717, 1.165) is 41.6 Å². The lowest BCUT2D eigenvalue weighted by Crippen LogP contribution is -2.10. The molecule has 1 aliphatic carbocycles. The van der Waals surface area contributed by atoms with Gasteiger partial charge in [0.25, 0.3) is 0 Å². The van der Waals surface area contributed by atoms with E-state index in [1.165, 1.54) is 11.1 Å². The van der Waals surface area contributed by atoms with Crippen LogP contribution < -0.4 is 15.4 Å². The molecule has 1 atom stereocenters. The first-order valence-corrected chi connectivity index (χ1v) is 11.5. The molecule has 8 nitrogen and oxygen atoms in total. The first-order chi connectivity index (χ1) is 16.8. The summed E-state index contributed by atoms with van der Waals surface area (Å²) in [5, 5.41) is 11.2. The van der Waals surface area contributed by atoms with Crippen LogP contribution in [0.2, 0.25) is 0 Å². The van der Waals surface area contributed by atoms with Crippen LogP contribution in [0, 0.1) is 6.92 Å². The summed E-state index contributed by atoms with van der Waals surface area (Å²) in [5.41, 5.74) is 5.27. The molecular weight excluding hydrogens is 426 g/mol. The van der Waals surface area contributed by atoms with Gasteiger partial charge in [0.15, 0.2) is 0 Å². The molecule has 3 heterocycles. The molecule has 2 N–H and O–H groups in total. The van der Waals surface area contributed by atoms with E-state index in [4.69, 9.17) is 14.7 Å². The van der Waals surface area contributed by atoms with Gasteiger partial charge in [-0.1, -0.05) is 36.4 Å². The highest BCUT2D eigenvalue weighted by Gasteiger charge is 2.29. The number of nitrogens with one attached hydrogen (secondary N) is 2. The first-order valence-electron chi connectivity index (χ1n) is 11.5. The Morgan fingerprint density at radius 3 is 2.82 bits per heavy atom. The molecule has 0 saturated heterocycles. The topological polar surface area (TPSA) is 89.8 Å². The molecule has 4 aromatic rings. The monoisotopic (exact) mass is 451 g/mol. The van der Waals surface area contributed by atoms with Crippen molar-refractivity contribution in [1.29, 1.82) is 0 Å². The van der Waals surface area contributed by atoms with Crippen LogP contribution in [0.4, 0.5) is 17.5 Å². The van der Waals surface area contributed by atoms with E-state index in [1.807, 2.05) is 31.2 Å². The van der Waals surface area contributed by atoms with Crippen LogP contribution >= 0.6 is 0 Å². The Labute approximate surface area is 197 Å². The predicted molar refractivity (Wildman–Crippen MR) is 131 cm³/mol. The number of benzene rings is 2. The fourth-order valence-corrected chi connectivity index (χ4v) is 4.67. The molecule has 170 valence electrons. The summed E-state index contributed by atoms with van der Waals surface area (Å²) in [7, 11) is 0. The van der Waals surface area contributed by atoms with Crippen LogP contribution in [0.15, 0.2) is 67.0 Å². The molecule has 2 aromatic heterocycles. The number of ether oxygens (including phenoxy) is 1. The second-order valence-electron chi connectivity index (χ2n) is 8.45. The number of hydrogen-bond donors (Lipinski definition) is 2. The summed E-state index contributed by atoms with van der Waals surface area (Å²) in [5.74, 6) is 3.23. The van der Waals surface area contributed by atoms with Crippen LogP contribution in [-0.4, -0.2) is 37.9 Å². The highest BCUT2D eigenvalue weighted by atomic mass is 16.5. The van der Waals surface area contributed by atoms with Gasteiger partial charge in [-0.15, -0.1) is 0 Å². The largest absolute Gasteiger partial charge is 0.487 e. The van der Waals surface area contributed by atoms with Crippen LogP contribution in [0.25, 0.3) is 5.69 Å². The lowest BCUT2D eigenvalue weighted by atomic mass is 9.97. The summed E-state index contributed by atoms with van der Waals surface area (Å²) in [6, 6.07) is 16.5. The molecule has 8 heteroatoms. The van der Waals surface area contributed by atoms with Crippen molar-refractivity contribution >= 4 is 17.5 Å². The molecule has 0 fully saturated rings. The number of aryl methyl sites for hydroxylation is 1. The van der Waals surface area contributed by atoms with Crippen molar-refractivity contribution < 1.29 is 4.74 Å². The Balaban J connectivity index is 1.42. The van der Waals surface area contributed by atoms with Crippen LogP contribution in [0.3, 0.4) is 0 Å². The van der Waals surface area contributed by atoms with Crippen LogP contribution in [0.5, 0.6) is 5.75 Å². The summed E-state index contributed by atoms with van der Waals surface area (Å²) in [6.45, 7) is 3.03. The maximum atomic E-state index is 6.10. The van der Waals surface area contributed by atoms with Crippen molar-refractivity contribution in [2.45, 2.75) is 25.7 Å². The summed E-state index contributed by atoms with van der Waals surface area (Å²) in [6.07, 6.45) is 7.61. The maximum Gasteiger partial charge on any atom is 0.229 e. The van der Waals surface area contributed by atoms with Gasteiger partial charge in [0.2, 0.25) is 5.95 Å². The van der Waals surface area contributed by atoms with Gasteiger partial charge < -0.3 is 15.4 Å². The number of hydrogen-bond acceptors (Lipinski definition) is 7. The van der Waals surface area contributed by atoms with Gasteiger partial charge in [0.1, 0.15) is 36.0 Å². The highest BCUT2D eigenvalue weighted by Crippen LogP contribution is 2.40. The zero-order valence-electron chi connectivity index (χ0n) is 18.9. The van der Waals surface area contributed by atoms with Gasteiger partial charge in [0, 0.05) is 29.8 Å². The number of anilines is 3. The zero-order valence-corrected chi connectivity index (χ0v) is 18.9. The minimum atomic E-state index is 0.267.